The van der Waals surface area contributed by atoms with E-state index < -0.39 is 20.0 Å². The van der Waals surface area contributed by atoms with Crippen LogP contribution >= 0.6 is 11.6 Å². The van der Waals surface area contributed by atoms with Crippen molar-refractivity contribution in [2.45, 2.75) is 54.2 Å². The van der Waals surface area contributed by atoms with E-state index in [1.165, 1.54) is 28.6 Å². The predicted octanol–water partition coefficient (Wildman–Crippen LogP) is 3.17. The first-order valence-corrected chi connectivity index (χ1v) is 14.6. The van der Waals surface area contributed by atoms with Crippen molar-refractivity contribution in [3.05, 3.63) is 59.1 Å². The van der Waals surface area contributed by atoms with Crippen LogP contribution in [0.25, 0.3) is 0 Å². The van der Waals surface area contributed by atoms with Crippen molar-refractivity contribution in [2.24, 2.45) is 0 Å². The zero-order chi connectivity index (χ0) is 24.2. The van der Waals surface area contributed by atoms with Crippen molar-refractivity contribution in [3.8, 4) is 0 Å². The number of nitrogens with zero attached hydrogens (tertiary/aromatic N) is 1. The smallest absolute Gasteiger partial charge is 0.243 e. The molecule has 11 heteroatoms. The van der Waals surface area contributed by atoms with E-state index in [9.17, 15) is 16.8 Å². The van der Waals surface area contributed by atoms with E-state index in [4.69, 9.17) is 21.1 Å². The number of hydrogen-bond acceptors (Lipinski definition) is 6. The summed E-state index contributed by atoms with van der Waals surface area (Å²) in [5, 5.41) is 0.480. The zero-order valence-corrected chi connectivity index (χ0v) is 21.1. The Kier molecular flexibility index (Phi) is 8.29. The number of nitrogens with one attached hydrogen (secondary N) is 1. The molecule has 0 amide bonds. The number of benzene rings is 2. The molecule has 0 radical (unpaired) electrons. The van der Waals surface area contributed by atoms with Crippen LogP contribution in [0.2, 0.25) is 5.02 Å². The molecule has 8 nitrogen and oxygen atoms in total. The normalized spacial score (nSPS) is 21.4. The Labute approximate surface area is 206 Å². The number of rotatable bonds is 10. The zero-order valence-electron chi connectivity index (χ0n) is 18.7. The molecule has 186 valence electrons. The Bertz CT molecular complexity index is 1180. The molecule has 2 aromatic carbocycles. The van der Waals surface area contributed by atoms with Crippen LogP contribution in [0.5, 0.6) is 0 Å². The van der Waals surface area contributed by atoms with E-state index in [0.29, 0.717) is 23.8 Å². The van der Waals surface area contributed by atoms with Gasteiger partial charge in [0.2, 0.25) is 20.0 Å². The summed E-state index contributed by atoms with van der Waals surface area (Å²) in [4.78, 5) is 0.0110. The lowest BCUT2D eigenvalue weighted by Gasteiger charge is -2.25. The fraction of sp³-hybridized carbons (Fsp3) is 0.478. The second kappa shape index (κ2) is 11.0. The van der Waals surface area contributed by atoms with Gasteiger partial charge in [-0.05, 0) is 61.6 Å². The highest BCUT2D eigenvalue weighted by atomic mass is 35.5. The van der Waals surface area contributed by atoms with Gasteiger partial charge in [0, 0.05) is 37.9 Å². The topological polar surface area (TPSA) is 102 Å². The molecule has 2 heterocycles. The summed E-state index contributed by atoms with van der Waals surface area (Å²) in [5.41, 5.74) is 0.684. The molecule has 0 aliphatic carbocycles. The summed E-state index contributed by atoms with van der Waals surface area (Å²) in [5.74, 6) is 0. The number of sulfonamides is 2. The Morgan fingerprint density at radius 3 is 2.12 bits per heavy atom. The van der Waals surface area contributed by atoms with Crippen molar-refractivity contribution >= 4 is 31.6 Å². The van der Waals surface area contributed by atoms with Gasteiger partial charge in [0.1, 0.15) is 0 Å². The first-order valence-electron chi connectivity index (χ1n) is 11.3. The maximum Gasteiger partial charge on any atom is 0.243 e. The standard InChI is InChI=1S/C23H29ClN2O6S2/c24-23-8-2-1-5-18(23)16-26(17-20-7-4-14-32-20)34(29,30)22-11-9-21(10-12-22)33(27,28)25-15-19-6-3-13-31-19/h1-2,5,8-12,19-20,25H,3-4,6-7,13-17H2/t19-,20+/m1/s1. The molecular formula is C23H29ClN2O6S2. The lowest BCUT2D eigenvalue weighted by molar-refractivity contribution is 0.0926. The minimum Gasteiger partial charge on any atom is -0.377 e. The molecule has 2 aromatic rings. The van der Waals surface area contributed by atoms with Crippen molar-refractivity contribution in [3.63, 3.8) is 0 Å². The molecule has 2 fully saturated rings. The lowest BCUT2D eigenvalue weighted by atomic mass is 10.2. The number of ether oxygens (including phenoxy) is 2. The number of halogens is 1. The van der Waals surface area contributed by atoms with Crippen LogP contribution in [-0.4, -0.2) is 59.7 Å². The van der Waals surface area contributed by atoms with Crippen LogP contribution < -0.4 is 4.72 Å². The van der Waals surface area contributed by atoms with Crippen LogP contribution in [-0.2, 0) is 36.1 Å². The van der Waals surface area contributed by atoms with Gasteiger partial charge >= 0.3 is 0 Å². The van der Waals surface area contributed by atoms with Gasteiger partial charge in [0.25, 0.3) is 0 Å². The van der Waals surface area contributed by atoms with E-state index in [-0.39, 0.29) is 41.6 Å². The van der Waals surface area contributed by atoms with Gasteiger partial charge in [-0.15, -0.1) is 0 Å². The van der Waals surface area contributed by atoms with E-state index >= 15 is 0 Å². The lowest BCUT2D eigenvalue weighted by Crippen LogP contribution is -2.37. The average molecular weight is 529 g/mol. The monoisotopic (exact) mass is 528 g/mol. The van der Waals surface area contributed by atoms with Gasteiger partial charge in [-0.25, -0.2) is 21.6 Å². The van der Waals surface area contributed by atoms with E-state index in [2.05, 4.69) is 4.72 Å². The summed E-state index contributed by atoms with van der Waals surface area (Å²) >= 11 is 6.29. The highest BCUT2D eigenvalue weighted by Crippen LogP contribution is 2.26. The molecule has 0 spiro atoms. The van der Waals surface area contributed by atoms with Gasteiger partial charge in [0.15, 0.2) is 0 Å². The third kappa shape index (κ3) is 6.17. The van der Waals surface area contributed by atoms with Crippen LogP contribution in [0.15, 0.2) is 58.3 Å². The second-order valence-electron chi connectivity index (χ2n) is 8.48. The van der Waals surface area contributed by atoms with E-state index in [1.54, 1.807) is 24.3 Å². The minimum absolute atomic E-state index is 0.00114. The van der Waals surface area contributed by atoms with Gasteiger partial charge < -0.3 is 9.47 Å². The summed E-state index contributed by atoms with van der Waals surface area (Å²) in [6.07, 6.45) is 3.06. The minimum atomic E-state index is -3.93. The van der Waals surface area contributed by atoms with Gasteiger partial charge in [-0.1, -0.05) is 29.8 Å². The van der Waals surface area contributed by atoms with Crippen molar-refractivity contribution in [1.29, 1.82) is 0 Å². The van der Waals surface area contributed by atoms with Crippen LogP contribution in [0.4, 0.5) is 0 Å². The van der Waals surface area contributed by atoms with E-state index in [1.807, 2.05) is 0 Å². The Morgan fingerprint density at radius 1 is 0.882 bits per heavy atom. The summed E-state index contributed by atoms with van der Waals surface area (Å²) in [7, 11) is -7.71. The maximum absolute atomic E-state index is 13.5. The van der Waals surface area contributed by atoms with Crippen LogP contribution in [0.3, 0.4) is 0 Å². The molecule has 0 bridgehead atoms. The predicted molar refractivity (Wildman–Crippen MR) is 129 cm³/mol. The van der Waals surface area contributed by atoms with E-state index in [0.717, 1.165) is 25.7 Å². The SMILES string of the molecule is O=S(=O)(NC[C@H]1CCCO1)c1ccc(S(=O)(=O)N(Cc2ccccc2Cl)C[C@@H]2CCCO2)cc1. The largest absolute Gasteiger partial charge is 0.377 e. The Balaban J connectivity index is 1.53. The molecule has 2 aliphatic heterocycles. The summed E-state index contributed by atoms with van der Waals surface area (Å²) < 4.78 is 67.4. The highest BCUT2D eigenvalue weighted by Gasteiger charge is 2.30. The Morgan fingerprint density at radius 2 is 1.50 bits per heavy atom. The first kappa shape index (κ1) is 25.6. The van der Waals surface area contributed by atoms with Crippen molar-refractivity contribution in [1.82, 2.24) is 9.03 Å². The Hall–Kier alpha value is -1.53. The van der Waals surface area contributed by atoms with Gasteiger partial charge in [0.05, 0.1) is 22.0 Å². The molecule has 0 unspecified atom stereocenters. The third-order valence-electron chi connectivity index (χ3n) is 6.03. The maximum atomic E-state index is 13.5. The molecule has 1 N–H and O–H groups in total. The quantitative estimate of drug-likeness (QED) is 0.508. The molecule has 2 saturated heterocycles. The molecule has 0 aromatic heterocycles. The summed E-state index contributed by atoms with van der Waals surface area (Å²) in [6.45, 7) is 1.71. The molecule has 0 saturated carbocycles. The van der Waals surface area contributed by atoms with Crippen molar-refractivity contribution < 1.29 is 26.3 Å². The molecule has 4 rings (SSSR count). The van der Waals surface area contributed by atoms with Gasteiger partial charge in [-0.2, -0.15) is 4.31 Å². The number of hydrogen-bond donors (Lipinski definition) is 1. The van der Waals surface area contributed by atoms with Crippen LogP contribution in [0, 0.1) is 0 Å². The molecule has 2 aliphatic rings. The fourth-order valence-corrected chi connectivity index (χ4v) is 6.82. The van der Waals surface area contributed by atoms with Gasteiger partial charge in [-0.3, -0.25) is 0 Å². The molecule has 2 atom stereocenters. The van der Waals surface area contributed by atoms with Crippen molar-refractivity contribution in [2.75, 3.05) is 26.3 Å². The van der Waals surface area contributed by atoms with Crippen LogP contribution in [0.1, 0.15) is 31.2 Å². The highest BCUT2D eigenvalue weighted by molar-refractivity contribution is 7.89. The second-order valence-corrected chi connectivity index (χ2v) is 12.6. The summed E-state index contributed by atoms with van der Waals surface area (Å²) in [6, 6.07) is 12.4. The fourth-order valence-electron chi connectivity index (χ4n) is 4.11. The third-order valence-corrected chi connectivity index (χ3v) is 9.67. The first-order chi connectivity index (χ1) is 16.3. The average Bonchev–Trinajstić information content (AvgIpc) is 3.53. The molecule has 34 heavy (non-hydrogen) atoms. The molecular weight excluding hydrogens is 500 g/mol.